The van der Waals surface area contributed by atoms with Crippen LogP contribution in [0.15, 0.2) is 72.8 Å². The van der Waals surface area contributed by atoms with Crippen LogP contribution >= 0.6 is 0 Å². The maximum Gasteiger partial charge on any atom is 0.195 e. The van der Waals surface area contributed by atoms with Crippen molar-refractivity contribution in [2.24, 2.45) is 0 Å². The zero-order valence-electron chi connectivity index (χ0n) is 19.0. The summed E-state index contributed by atoms with van der Waals surface area (Å²) in [5.74, 6) is 3.14. The van der Waals surface area contributed by atoms with Crippen molar-refractivity contribution in [3.05, 3.63) is 113 Å². The minimum Gasteiger partial charge on any atom is -0.494 e. The van der Waals surface area contributed by atoms with Gasteiger partial charge in [-0.3, -0.25) is 0 Å². The number of hydrogen-bond donors (Lipinski definition) is 0. The van der Waals surface area contributed by atoms with Gasteiger partial charge in [-0.15, -0.1) is 0 Å². The first-order chi connectivity index (χ1) is 16.5. The SMILES string of the molecule is CCCCOc1ccc(CCc2ccc(C#Cc3ccc4c(F)c(F)c(F)cc4c3)cc2)cc1. The molecule has 1 nitrogen and oxygen atoms in total. The van der Waals surface area contributed by atoms with Crippen LogP contribution < -0.4 is 4.74 Å². The number of aryl methyl sites for hydroxylation is 2. The minimum atomic E-state index is -1.46. The van der Waals surface area contributed by atoms with Gasteiger partial charge >= 0.3 is 0 Å². The Kier molecular flexibility index (Phi) is 7.54. The van der Waals surface area contributed by atoms with Gasteiger partial charge in [0.25, 0.3) is 0 Å². The molecule has 0 bridgehead atoms. The van der Waals surface area contributed by atoms with Crippen molar-refractivity contribution in [2.75, 3.05) is 6.61 Å². The van der Waals surface area contributed by atoms with Crippen molar-refractivity contribution in [3.8, 4) is 17.6 Å². The maximum atomic E-state index is 13.9. The Labute approximate surface area is 198 Å². The molecule has 0 spiro atoms. The largest absolute Gasteiger partial charge is 0.494 e. The topological polar surface area (TPSA) is 9.23 Å². The maximum absolute atomic E-state index is 13.9. The van der Waals surface area contributed by atoms with E-state index in [2.05, 4.69) is 43.0 Å². The highest BCUT2D eigenvalue weighted by Crippen LogP contribution is 2.24. The third kappa shape index (κ3) is 5.80. The number of fused-ring (bicyclic) bond motifs is 1. The van der Waals surface area contributed by atoms with Gasteiger partial charge in [0.2, 0.25) is 0 Å². The average Bonchev–Trinajstić information content (AvgIpc) is 2.86. The molecule has 0 aromatic heterocycles. The van der Waals surface area contributed by atoms with E-state index in [1.807, 2.05) is 24.3 Å². The van der Waals surface area contributed by atoms with E-state index in [-0.39, 0.29) is 10.8 Å². The lowest BCUT2D eigenvalue weighted by Gasteiger charge is -2.07. The molecular weight excluding hydrogens is 433 g/mol. The first-order valence-corrected chi connectivity index (χ1v) is 11.4. The van der Waals surface area contributed by atoms with Crippen LogP contribution in [0.2, 0.25) is 0 Å². The van der Waals surface area contributed by atoms with Crippen molar-refractivity contribution < 1.29 is 17.9 Å². The lowest BCUT2D eigenvalue weighted by molar-refractivity contribution is 0.309. The third-order valence-corrected chi connectivity index (χ3v) is 5.67. The molecule has 0 aliphatic carbocycles. The summed E-state index contributed by atoms with van der Waals surface area (Å²) in [5.41, 5.74) is 3.92. The summed E-state index contributed by atoms with van der Waals surface area (Å²) in [6.45, 7) is 2.90. The number of halogens is 3. The van der Waals surface area contributed by atoms with E-state index >= 15 is 0 Å². The molecular formula is C30H25F3O. The number of rotatable bonds is 7. The minimum absolute atomic E-state index is 0.0347. The van der Waals surface area contributed by atoms with E-state index in [1.54, 1.807) is 12.1 Å². The van der Waals surface area contributed by atoms with Crippen LogP contribution in [0.5, 0.6) is 5.75 Å². The van der Waals surface area contributed by atoms with E-state index in [0.717, 1.165) is 49.7 Å². The van der Waals surface area contributed by atoms with Crippen LogP contribution in [0, 0.1) is 29.3 Å². The lowest BCUT2D eigenvalue weighted by Crippen LogP contribution is -1.97. The van der Waals surface area contributed by atoms with E-state index in [0.29, 0.717) is 5.56 Å². The van der Waals surface area contributed by atoms with Gasteiger partial charge in [-0.2, -0.15) is 0 Å². The number of hydrogen-bond acceptors (Lipinski definition) is 1. The zero-order chi connectivity index (χ0) is 23.9. The van der Waals surface area contributed by atoms with Crippen LogP contribution in [0.4, 0.5) is 13.2 Å². The van der Waals surface area contributed by atoms with Gasteiger partial charge in [-0.1, -0.05) is 55.5 Å². The monoisotopic (exact) mass is 458 g/mol. The molecule has 4 rings (SSSR count). The van der Waals surface area contributed by atoms with E-state index < -0.39 is 17.5 Å². The Morgan fingerprint density at radius 3 is 2.00 bits per heavy atom. The summed E-state index contributed by atoms with van der Waals surface area (Å²) >= 11 is 0. The number of unbranched alkanes of at least 4 members (excludes halogenated alkanes) is 1. The summed E-state index contributed by atoms with van der Waals surface area (Å²) in [5, 5.41) is 0.312. The second-order valence-electron chi connectivity index (χ2n) is 8.22. The van der Waals surface area contributed by atoms with Gasteiger partial charge in [0.15, 0.2) is 17.5 Å². The quantitative estimate of drug-likeness (QED) is 0.157. The standard InChI is InChI=1S/C30H25F3O/c1-2-3-18-34-26-15-12-23(13-16-26)9-8-21-4-6-22(7-5-21)10-11-24-14-17-27-25(19-24)20-28(31)30(33)29(27)32/h4-7,12-17,19-20H,2-3,8-9,18H2,1H3. The summed E-state index contributed by atoms with van der Waals surface area (Å²) in [6.07, 6.45) is 4.04. The van der Waals surface area contributed by atoms with Crippen LogP contribution in [0.3, 0.4) is 0 Å². The first-order valence-electron chi connectivity index (χ1n) is 11.4. The van der Waals surface area contributed by atoms with Gasteiger partial charge in [0.05, 0.1) is 6.61 Å². The highest BCUT2D eigenvalue weighted by Gasteiger charge is 2.13. The van der Waals surface area contributed by atoms with Gasteiger partial charge in [0, 0.05) is 16.5 Å². The number of ether oxygens (including phenoxy) is 1. The van der Waals surface area contributed by atoms with Crippen LogP contribution in [0.25, 0.3) is 10.8 Å². The molecule has 0 unspecified atom stereocenters. The molecule has 4 aromatic carbocycles. The fourth-order valence-electron chi connectivity index (χ4n) is 3.66. The Morgan fingerprint density at radius 1 is 0.706 bits per heavy atom. The molecule has 0 saturated heterocycles. The molecule has 4 aromatic rings. The van der Waals surface area contributed by atoms with Crippen LogP contribution in [-0.4, -0.2) is 6.61 Å². The second-order valence-corrected chi connectivity index (χ2v) is 8.22. The summed E-state index contributed by atoms with van der Waals surface area (Å²) < 4.78 is 46.5. The predicted molar refractivity (Wildman–Crippen MR) is 130 cm³/mol. The number of benzene rings is 4. The van der Waals surface area contributed by atoms with Gasteiger partial charge in [0.1, 0.15) is 5.75 Å². The molecule has 172 valence electrons. The highest BCUT2D eigenvalue weighted by molar-refractivity contribution is 5.84. The predicted octanol–water partition coefficient (Wildman–Crippen LogP) is 7.62. The summed E-state index contributed by atoms with van der Waals surface area (Å²) in [6, 6.07) is 21.9. The van der Waals surface area contributed by atoms with Crippen LogP contribution in [0.1, 0.15) is 42.0 Å². The molecule has 0 fully saturated rings. The van der Waals surface area contributed by atoms with Crippen LogP contribution in [-0.2, 0) is 12.8 Å². The normalized spacial score (nSPS) is 10.7. The van der Waals surface area contributed by atoms with Crippen molar-refractivity contribution in [1.82, 2.24) is 0 Å². The summed E-state index contributed by atoms with van der Waals surface area (Å²) in [4.78, 5) is 0. The Morgan fingerprint density at radius 2 is 1.32 bits per heavy atom. The van der Waals surface area contributed by atoms with Gasteiger partial charge in [-0.25, -0.2) is 13.2 Å². The van der Waals surface area contributed by atoms with E-state index in [9.17, 15) is 13.2 Å². The fraction of sp³-hybridized carbons (Fsp3) is 0.200. The second kappa shape index (κ2) is 10.9. The van der Waals surface area contributed by atoms with Crippen molar-refractivity contribution in [3.63, 3.8) is 0 Å². The molecule has 0 N–H and O–H groups in total. The first kappa shape index (κ1) is 23.4. The molecule has 0 saturated carbocycles. The molecule has 0 radical (unpaired) electrons. The zero-order valence-corrected chi connectivity index (χ0v) is 19.0. The third-order valence-electron chi connectivity index (χ3n) is 5.67. The van der Waals surface area contributed by atoms with E-state index in [4.69, 9.17) is 4.74 Å². The van der Waals surface area contributed by atoms with Crippen molar-refractivity contribution >= 4 is 10.8 Å². The van der Waals surface area contributed by atoms with Gasteiger partial charge < -0.3 is 4.74 Å². The highest BCUT2D eigenvalue weighted by atomic mass is 19.2. The average molecular weight is 459 g/mol. The molecule has 0 aliphatic heterocycles. The smallest absolute Gasteiger partial charge is 0.195 e. The van der Waals surface area contributed by atoms with Gasteiger partial charge in [-0.05, 0) is 78.2 Å². The Balaban J connectivity index is 1.37. The molecule has 0 atom stereocenters. The molecule has 0 amide bonds. The molecule has 34 heavy (non-hydrogen) atoms. The Bertz CT molecular complexity index is 1330. The Hall–Kier alpha value is -3.71. The molecule has 4 heteroatoms. The molecule has 0 heterocycles. The summed E-state index contributed by atoms with van der Waals surface area (Å²) in [7, 11) is 0. The lowest BCUT2D eigenvalue weighted by atomic mass is 10.0. The van der Waals surface area contributed by atoms with Crippen molar-refractivity contribution in [2.45, 2.75) is 32.6 Å². The van der Waals surface area contributed by atoms with E-state index in [1.165, 1.54) is 17.2 Å². The molecule has 0 aliphatic rings. The van der Waals surface area contributed by atoms with Crippen molar-refractivity contribution in [1.29, 1.82) is 0 Å². The fourth-order valence-corrected chi connectivity index (χ4v) is 3.66.